The molecular weight excluding hydrogens is 316 g/mol. The second-order valence-electron chi connectivity index (χ2n) is 6.11. The predicted molar refractivity (Wildman–Crippen MR) is 97.9 cm³/mol. The number of rotatable bonds is 5. The van der Waals surface area contributed by atoms with Crippen molar-refractivity contribution in [3.8, 4) is 5.75 Å². The number of aryl methyl sites for hydroxylation is 1. The first-order chi connectivity index (χ1) is 12.1. The summed E-state index contributed by atoms with van der Waals surface area (Å²) in [4.78, 5) is 26.6. The molecule has 0 unspecified atom stereocenters. The highest BCUT2D eigenvalue weighted by Crippen LogP contribution is 2.28. The summed E-state index contributed by atoms with van der Waals surface area (Å²) in [7, 11) is 1.59. The Balaban J connectivity index is 1.72. The molecule has 1 saturated heterocycles. The zero-order chi connectivity index (χ0) is 17.8. The quantitative estimate of drug-likeness (QED) is 0.910. The van der Waals surface area contributed by atoms with Crippen molar-refractivity contribution in [3.63, 3.8) is 0 Å². The maximum absolute atomic E-state index is 12.6. The number of carbonyl (C=O) groups excluding carboxylic acids is 2. The van der Waals surface area contributed by atoms with Gasteiger partial charge < -0.3 is 15.0 Å². The lowest BCUT2D eigenvalue weighted by Crippen LogP contribution is -2.28. The molecule has 2 aromatic rings. The highest BCUT2D eigenvalue weighted by atomic mass is 16.5. The van der Waals surface area contributed by atoms with Gasteiger partial charge in [0, 0.05) is 30.4 Å². The number of nitrogens with zero attached hydrogens (tertiary/aromatic N) is 1. The van der Waals surface area contributed by atoms with Gasteiger partial charge in [-0.15, -0.1) is 0 Å². The van der Waals surface area contributed by atoms with Gasteiger partial charge in [0.25, 0.3) is 0 Å². The largest absolute Gasteiger partial charge is 0.497 e. The van der Waals surface area contributed by atoms with Crippen molar-refractivity contribution in [2.24, 2.45) is 5.92 Å². The van der Waals surface area contributed by atoms with Crippen LogP contribution in [0.25, 0.3) is 0 Å². The molecule has 1 aliphatic rings. The highest BCUT2D eigenvalue weighted by molar-refractivity contribution is 6.03. The van der Waals surface area contributed by atoms with E-state index in [0.717, 1.165) is 23.4 Å². The van der Waals surface area contributed by atoms with E-state index in [1.165, 1.54) is 0 Å². The zero-order valence-electron chi connectivity index (χ0n) is 14.5. The van der Waals surface area contributed by atoms with E-state index in [2.05, 4.69) is 12.2 Å². The summed E-state index contributed by atoms with van der Waals surface area (Å²) in [5, 5.41) is 2.98. The number of anilines is 2. The molecule has 0 saturated carbocycles. The summed E-state index contributed by atoms with van der Waals surface area (Å²) in [6, 6.07) is 15.1. The second-order valence-corrected chi connectivity index (χ2v) is 6.11. The lowest BCUT2D eigenvalue weighted by molar-refractivity contribution is -0.122. The molecule has 0 aliphatic carbocycles. The number of methoxy groups -OCH3 is 1. The Kier molecular flexibility index (Phi) is 5.03. The number of para-hydroxylation sites is 1. The molecule has 1 atom stereocenters. The molecule has 0 bridgehead atoms. The number of ether oxygens (including phenoxy) is 1. The minimum absolute atomic E-state index is 0.0443. The Morgan fingerprint density at radius 2 is 2.04 bits per heavy atom. The van der Waals surface area contributed by atoms with E-state index in [0.29, 0.717) is 12.3 Å². The summed E-state index contributed by atoms with van der Waals surface area (Å²) >= 11 is 0. The highest BCUT2D eigenvalue weighted by Gasteiger charge is 2.35. The number of nitrogens with one attached hydrogen (secondary N) is 1. The van der Waals surface area contributed by atoms with Gasteiger partial charge in [0.15, 0.2) is 0 Å². The molecule has 25 heavy (non-hydrogen) atoms. The van der Waals surface area contributed by atoms with Crippen LogP contribution in [0.1, 0.15) is 18.9 Å². The second kappa shape index (κ2) is 7.38. The van der Waals surface area contributed by atoms with Crippen LogP contribution in [0.3, 0.4) is 0 Å². The van der Waals surface area contributed by atoms with E-state index in [-0.39, 0.29) is 24.2 Å². The van der Waals surface area contributed by atoms with Crippen LogP contribution < -0.4 is 15.0 Å². The molecule has 5 nitrogen and oxygen atoms in total. The molecule has 1 fully saturated rings. The van der Waals surface area contributed by atoms with Crippen molar-refractivity contribution >= 4 is 23.2 Å². The van der Waals surface area contributed by atoms with Crippen molar-refractivity contribution in [3.05, 3.63) is 54.1 Å². The van der Waals surface area contributed by atoms with Gasteiger partial charge in [0.05, 0.1) is 13.0 Å². The summed E-state index contributed by atoms with van der Waals surface area (Å²) in [5.74, 6) is 0.176. The topological polar surface area (TPSA) is 58.6 Å². The average Bonchev–Trinajstić information content (AvgIpc) is 3.04. The van der Waals surface area contributed by atoms with Gasteiger partial charge in [-0.1, -0.05) is 31.2 Å². The first-order valence-corrected chi connectivity index (χ1v) is 8.45. The van der Waals surface area contributed by atoms with Crippen LogP contribution in [0.15, 0.2) is 48.5 Å². The molecule has 0 spiro atoms. The fourth-order valence-electron chi connectivity index (χ4n) is 3.10. The van der Waals surface area contributed by atoms with Gasteiger partial charge in [0.1, 0.15) is 5.75 Å². The van der Waals surface area contributed by atoms with E-state index in [1.54, 1.807) is 12.0 Å². The maximum Gasteiger partial charge on any atom is 0.229 e. The van der Waals surface area contributed by atoms with Crippen molar-refractivity contribution in [1.82, 2.24) is 0 Å². The Hall–Kier alpha value is -2.82. The Bertz CT molecular complexity index is 788. The molecule has 1 N–H and O–H groups in total. The van der Waals surface area contributed by atoms with Crippen LogP contribution >= 0.6 is 0 Å². The molecule has 0 radical (unpaired) electrons. The van der Waals surface area contributed by atoms with Crippen LogP contribution in [0, 0.1) is 5.92 Å². The van der Waals surface area contributed by atoms with E-state index >= 15 is 0 Å². The van der Waals surface area contributed by atoms with Crippen LogP contribution in [-0.4, -0.2) is 25.5 Å². The minimum Gasteiger partial charge on any atom is -0.497 e. The predicted octanol–water partition coefficient (Wildman–Crippen LogP) is 3.25. The van der Waals surface area contributed by atoms with Crippen LogP contribution in [0.4, 0.5) is 11.4 Å². The normalized spacial score (nSPS) is 16.8. The number of hydrogen-bond donors (Lipinski definition) is 1. The molecule has 1 heterocycles. The van der Waals surface area contributed by atoms with Crippen molar-refractivity contribution in [2.75, 3.05) is 23.9 Å². The Morgan fingerprint density at radius 3 is 2.80 bits per heavy atom. The number of hydrogen-bond acceptors (Lipinski definition) is 3. The Labute approximate surface area is 147 Å². The lowest BCUT2D eigenvalue weighted by Gasteiger charge is -2.18. The molecule has 2 amide bonds. The molecule has 1 aliphatic heterocycles. The van der Waals surface area contributed by atoms with Crippen LogP contribution in [-0.2, 0) is 16.0 Å². The van der Waals surface area contributed by atoms with Crippen molar-refractivity contribution < 1.29 is 14.3 Å². The maximum atomic E-state index is 12.6. The minimum atomic E-state index is -0.358. The third-order valence-corrected chi connectivity index (χ3v) is 4.52. The first-order valence-electron chi connectivity index (χ1n) is 8.45. The van der Waals surface area contributed by atoms with Gasteiger partial charge in [-0.05, 0) is 30.2 Å². The van der Waals surface area contributed by atoms with Gasteiger partial charge in [0.2, 0.25) is 11.8 Å². The molecule has 2 aromatic carbocycles. The van der Waals surface area contributed by atoms with Crippen LogP contribution in [0.5, 0.6) is 5.75 Å². The van der Waals surface area contributed by atoms with E-state index in [9.17, 15) is 9.59 Å². The van der Waals surface area contributed by atoms with Gasteiger partial charge in [-0.2, -0.15) is 0 Å². The zero-order valence-corrected chi connectivity index (χ0v) is 14.5. The number of benzene rings is 2. The van der Waals surface area contributed by atoms with Gasteiger partial charge >= 0.3 is 0 Å². The molecule has 5 heteroatoms. The average molecular weight is 338 g/mol. The summed E-state index contributed by atoms with van der Waals surface area (Å²) < 4.78 is 5.21. The van der Waals surface area contributed by atoms with E-state index in [4.69, 9.17) is 4.74 Å². The van der Waals surface area contributed by atoms with E-state index in [1.807, 2.05) is 48.5 Å². The van der Waals surface area contributed by atoms with Crippen molar-refractivity contribution in [2.45, 2.75) is 19.8 Å². The fourth-order valence-corrected chi connectivity index (χ4v) is 3.10. The number of amides is 2. The number of carbonyl (C=O) groups is 2. The molecule has 0 aromatic heterocycles. The standard InChI is InChI=1S/C20H22N2O3/c1-3-14-7-4-5-10-18(14)21-20(24)15-11-19(23)22(13-15)16-8-6-9-17(12-16)25-2/h4-10,12,15H,3,11,13H2,1-2H3,(H,21,24)/t15-/m1/s1. The first kappa shape index (κ1) is 17.0. The summed E-state index contributed by atoms with van der Waals surface area (Å²) in [6.45, 7) is 2.43. The smallest absolute Gasteiger partial charge is 0.229 e. The van der Waals surface area contributed by atoms with Gasteiger partial charge in [-0.3, -0.25) is 9.59 Å². The lowest BCUT2D eigenvalue weighted by atomic mass is 10.1. The third-order valence-electron chi connectivity index (χ3n) is 4.52. The van der Waals surface area contributed by atoms with E-state index < -0.39 is 0 Å². The summed E-state index contributed by atoms with van der Waals surface area (Å²) in [5.41, 5.74) is 2.67. The van der Waals surface area contributed by atoms with Crippen LogP contribution in [0.2, 0.25) is 0 Å². The molecular formula is C20H22N2O3. The Morgan fingerprint density at radius 1 is 1.24 bits per heavy atom. The SMILES string of the molecule is CCc1ccccc1NC(=O)[C@@H]1CC(=O)N(c2cccc(OC)c2)C1. The van der Waals surface area contributed by atoms with Crippen molar-refractivity contribution in [1.29, 1.82) is 0 Å². The molecule has 3 rings (SSSR count). The monoisotopic (exact) mass is 338 g/mol. The third kappa shape index (κ3) is 3.65. The fraction of sp³-hybridized carbons (Fsp3) is 0.300. The van der Waals surface area contributed by atoms with Gasteiger partial charge in [-0.25, -0.2) is 0 Å². The summed E-state index contributed by atoms with van der Waals surface area (Å²) in [6.07, 6.45) is 1.06. The molecule has 130 valence electrons.